The molecule has 0 aliphatic heterocycles. The summed E-state index contributed by atoms with van der Waals surface area (Å²) in [6.45, 7) is 3.51. The summed E-state index contributed by atoms with van der Waals surface area (Å²) in [7, 11) is 0. The van der Waals surface area contributed by atoms with Crippen molar-refractivity contribution < 1.29 is 22.8 Å². The zero-order valence-corrected chi connectivity index (χ0v) is 9.65. The molecule has 0 bridgehead atoms. The van der Waals surface area contributed by atoms with Gasteiger partial charge in [-0.1, -0.05) is 5.21 Å². The maximum Gasteiger partial charge on any atom is 0.456 e. The lowest BCUT2D eigenvalue weighted by molar-refractivity contribution is -0.124. The Morgan fingerprint density at radius 2 is 2.11 bits per heavy atom. The van der Waals surface area contributed by atoms with Gasteiger partial charge in [-0.15, -0.1) is 5.10 Å². The average Bonchev–Trinajstić information content (AvgIpc) is 2.75. The van der Waals surface area contributed by atoms with Crippen LogP contribution in [0.5, 0.6) is 0 Å². The Morgan fingerprint density at radius 3 is 2.61 bits per heavy atom. The molecule has 18 heavy (non-hydrogen) atoms. The SMILES string of the molecule is CCNC(=O)C(C)n1cc(C(=O)C(F)(F)F)nn1. The molecule has 9 heteroatoms. The van der Waals surface area contributed by atoms with E-state index in [-0.39, 0.29) is 0 Å². The molecule has 100 valence electrons. The fourth-order valence-corrected chi connectivity index (χ4v) is 1.16. The first-order valence-corrected chi connectivity index (χ1v) is 5.08. The Bertz CT molecular complexity index is 455. The molecule has 6 nitrogen and oxygen atoms in total. The van der Waals surface area contributed by atoms with Crippen molar-refractivity contribution in [2.24, 2.45) is 0 Å². The first-order valence-electron chi connectivity index (χ1n) is 5.08. The molecular formula is C9H11F3N4O2. The van der Waals surface area contributed by atoms with Crippen molar-refractivity contribution in [3.05, 3.63) is 11.9 Å². The summed E-state index contributed by atoms with van der Waals surface area (Å²) in [5.74, 6) is -2.51. The van der Waals surface area contributed by atoms with Gasteiger partial charge in [0.05, 0.1) is 6.20 Å². The van der Waals surface area contributed by atoms with E-state index in [9.17, 15) is 22.8 Å². The van der Waals surface area contributed by atoms with Crippen LogP contribution in [0.4, 0.5) is 13.2 Å². The summed E-state index contributed by atoms with van der Waals surface area (Å²) in [5, 5.41) is 8.93. The number of carbonyl (C=O) groups excluding carboxylic acids is 2. The van der Waals surface area contributed by atoms with Crippen LogP contribution >= 0.6 is 0 Å². The Balaban J connectivity index is 2.87. The molecule has 0 saturated carbocycles. The quantitative estimate of drug-likeness (QED) is 0.813. The minimum Gasteiger partial charge on any atom is -0.355 e. The molecule has 0 saturated heterocycles. The number of carbonyl (C=O) groups is 2. The number of halogens is 3. The number of rotatable bonds is 4. The highest BCUT2D eigenvalue weighted by Crippen LogP contribution is 2.20. The highest BCUT2D eigenvalue weighted by molar-refractivity contribution is 5.98. The summed E-state index contributed by atoms with van der Waals surface area (Å²) in [4.78, 5) is 22.3. The molecule has 0 radical (unpaired) electrons. The van der Waals surface area contributed by atoms with Crippen molar-refractivity contribution in [3.8, 4) is 0 Å². The normalized spacial score (nSPS) is 13.2. The van der Waals surface area contributed by atoms with Crippen molar-refractivity contribution in [3.63, 3.8) is 0 Å². The number of nitrogens with one attached hydrogen (secondary N) is 1. The molecule has 1 rings (SSSR count). The van der Waals surface area contributed by atoms with Gasteiger partial charge >= 0.3 is 6.18 Å². The Morgan fingerprint density at radius 1 is 1.50 bits per heavy atom. The van der Waals surface area contributed by atoms with Gasteiger partial charge in [-0.2, -0.15) is 13.2 Å². The maximum absolute atomic E-state index is 12.1. The third-order valence-corrected chi connectivity index (χ3v) is 2.13. The molecule has 1 aromatic rings. The number of nitrogens with zero attached hydrogens (tertiary/aromatic N) is 3. The third kappa shape index (κ3) is 3.05. The Labute approximate surface area is 100 Å². The number of likely N-dealkylation sites (N-methyl/N-ethyl adjacent to an activating group) is 1. The lowest BCUT2D eigenvalue weighted by Gasteiger charge is -2.10. The Hall–Kier alpha value is -1.93. The monoisotopic (exact) mass is 264 g/mol. The van der Waals surface area contributed by atoms with E-state index in [2.05, 4.69) is 15.6 Å². The highest BCUT2D eigenvalue weighted by atomic mass is 19.4. The van der Waals surface area contributed by atoms with E-state index < -0.39 is 29.6 Å². The molecule has 0 spiro atoms. The van der Waals surface area contributed by atoms with Crippen molar-refractivity contribution in [1.29, 1.82) is 0 Å². The summed E-state index contributed by atoms with van der Waals surface area (Å²) >= 11 is 0. The van der Waals surface area contributed by atoms with E-state index in [1.807, 2.05) is 0 Å². The van der Waals surface area contributed by atoms with Crippen LogP contribution in [0.2, 0.25) is 0 Å². The van der Waals surface area contributed by atoms with E-state index in [1.54, 1.807) is 6.92 Å². The molecule has 1 atom stereocenters. The van der Waals surface area contributed by atoms with E-state index in [1.165, 1.54) is 6.92 Å². The molecule has 1 amide bonds. The van der Waals surface area contributed by atoms with E-state index in [0.717, 1.165) is 10.9 Å². The van der Waals surface area contributed by atoms with Crippen molar-refractivity contribution in [2.75, 3.05) is 6.54 Å². The molecule has 0 fully saturated rings. The summed E-state index contributed by atoms with van der Waals surface area (Å²) in [6.07, 6.45) is -4.20. The predicted octanol–water partition coefficient (Wildman–Crippen LogP) is 0.720. The summed E-state index contributed by atoms with van der Waals surface area (Å²) < 4.78 is 37.3. The van der Waals surface area contributed by atoms with Gasteiger partial charge in [-0.3, -0.25) is 9.59 Å². The molecule has 1 heterocycles. The van der Waals surface area contributed by atoms with Crippen LogP contribution in [0.25, 0.3) is 0 Å². The second-order valence-electron chi connectivity index (χ2n) is 3.48. The van der Waals surface area contributed by atoms with Crippen molar-refractivity contribution in [2.45, 2.75) is 26.1 Å². The fourth-order valence-electron chi connectivity index (χ4n) is 1.16. The lowest BCUT2D eigenvalue weighted by atomic mass is 10.3. The molecule has 1 N–H and O–H groups in total. The number of hydrogen-bond acceptors (Lipinski definition) is 4. The summed E-state index contributed by atoms with van der Waals surface area (Å²) in [6, 6.07) is -0.841. The smallest absolute Gasteiger partial charge is 0.355 e. The predicted molar refractivity (Wildman–Crippen MR) is 53.8 cm³/mol. The second-order valence-corrected chi connectivity index (χ2v) is 3.48. The van der Waals surface area contributed by atoms with E-state index in [0.29, 0.717) is 6.54 Å². The minimum atomic E-state index is -5.00. The molecule has 1 aromatic heterocycles. The first kappa shape index (κ1) is 14.1. The van der Waals surface area contributed by atoms with Crippen LogP contribution in [0.1, 0.15) is 30.4 Å². The first-order chi connectivity index (χ1) is 8.27. The van der Waals surface area contributed by atoms with Crippen LogP contribution in [0, 0.1) is 0 Å². The number of ketones is 1. The molecule has 1 unspecified atom stereocenters. The van der Waals surface area contributed by atoms with Gasteiger partial charge in [-0.05, 0) is 13.8 Å². The van der Waals surface area contributed by atoms with Gasteiger partial charge in [0.2, 0.25) is 5.91 Å². The number of Topliss-reactive ketones (excluding diaryl/α,β-unsaturated/α-hetero) is 1. The standard InChI is InChI=1S/C9H11F3N4O2/c1-3-13-8(18)5(2)16-4-6(14-15-16)7(17)9(10,11)12/h4-5H,3H2,1-2H3,(H,13,18). The van der Waals surface area contributed by atoms with Gasteiger partial charge in [0.25, 0.3) is 5.78 Å². The zero-order chi connectivity index (χ0) is 13.9. The number of hydrogen-bond donors (Lipinski definition) is 1. The van der Waals surface area contributed by atoms with Gasteiger partial charge in [-0.25, -0.2) is 4.68 Å². The van der Waals surface area contributed by atoms with Crippen LogP contribution in [-0.4, -0.2) is 39.4 Å². The van der Waals surface area contributed by atoms with Crippen LogP contribution in [-0.2, 0) is 4.79 Å². The Kier molecular flexibility index (Phi) is 4.04. The van der Waals surface area contributed by atoms with Crippen LogP contribution < -0.4 is 5.32 Å². The van der Waals surface area contributed by atoms with Gasteiger partial charge in [0.15, 0.2) is 5.69 Å². The van der Waals surface area contributed by atoms with E-state index >= 15 is 0 Å². The minimum absolute atomic E-state index is 0.381. The molecular weight excluding hydrogens is 253 g/mol. The van der Waals surface area contributed by atoms with Crippen molar-refractivity contribution >= 4 is 11.7 Å². The molecule has 0 aliphatic carbocycles. The molecule has 0 aromatic carbocycles. The van der Waals surface area contributed by atoms with Crippen LogP contribution in [0.3, 0.4) is 0 Å². The molecule has 0 aliphatic rings. The van der Waals surface area contributed by atoms with Crippen molar-refractivity contribution in [1.82, 2.24) is 20.3 Å². The van der Waals surface area contributed by atoms with Crippen LogP contribution in [0.15, 0.2) is 6.20 Å². The number of amides is 1. The number of alkyl halides is 3. The lowest BCUT2D eigenvalue weighted by Crippen LogP contribution is -2.31. The fraction of sp³-hybridized carbons (Fsp3) is 0.556. The maximum atomic E-state index is 12.1. The second kappa shape index (κ2) is 5.15. The van der Waals surface area contributed by atoms with Gasteiger partial charge < -0.3 is 5.32 Å². The van der Waals surface area contributed by atoms with E-state index in [4.69, 9.17) is 0 Å². The highest BCUT2D eigenvalue weighted by Gasteiger charge is 2.41. The topological polar surface area (TPSA) is 76.9 Å². The summed E-state index contributed by atoms with van der Waals surface area (Å²) in [5.41, 5.74) is -0.835. The largest absolute Gasteiger partial charge is 0.456 e. The third-order valence-electron chi connectivity index (χ3n) is 2.13. The zero-order valence-electron chi connectivity index (χ0n) is 9.65. The number of aromatic nitrogens is 3. The van der Waals surface area contributed by atoms with Gasteiger partial charge in [0.1, 0.15) is 6.04 Å². The van der Waals surface area contributed by atoms with Gasteiger partial charge in [0, 0.05) is 6.54 Å². The average molecular weight is 264 g/mol.